The smallest absolute Gasteiger partial charge is 0.261 e. The van der Waals surface area contributed by atoms with Crippen LogP contribution in [0.2, 0.25) is 5.02 Å². The predicted molar refractivity (Wildman–Crippen MR) is 78.9 cm³/mol. The maximum Gasteiger partial charge on any atom is 0.261 e. The van der Waals surface area contributed by atoms with E-state index in [1.54, 1.807) is 6.92 Å². The molecule has 0 bridgehead atoms. The number of halogens is 2. The number of carbonyl (C=O) groups is 1. The zero-order valence-electron chi connectivity index (χ0n) is 11.1. The van der Waals surface area contributed by atoms with E-state index in [-0.39, 0.29) is 27.4 Å². The molecule has 0 saturated heterocycles. The van der Waals surface area contributed by atoms with Crippen LogP contribution in [0.25, 0.3) is 0 Å². The highest BCUT2D eigenvalue weighted by molar-refractivity contribution is 8.13. The molecule has 0 heterocycles. The highest BCUT2D eigenvalue weighted by Gasteiger charge is 2.30. The molecule has 7 heteroatoms. The van der Waals surface area contributed by atoms with Crippen molar-refractivity contribution in [1.29, 1.82) is 0 Å². The van der Waals surface area contributed by atoms with Crippen molar-refractivity contribution in [1.82, 2.24) is 5.32 Å². The molecule has 0 spiro atoms. The fourth-order valence-corrected chi connectivity index (χ4v) is 3.65. The van der Waals surface area contributed by atoms with Gasteiger partial charge in [0.15, 0.2) is 0 Å². The number of rotatable bonds is 4. The van der Waals surface area contributed by atoms with Gasteiger partial charge in [-0.15, -0.1) is 0 Å². The summed E-state index contributed by atoms with van der Waals surface area (Å²) < 4.78 is 23.0. The molecule has 1 fully saturated rings. The first-order valence-electron chi connectivity index (χ1n) is 6.26. The van der Waals surface area contributed by atoms with E-state index in [0.717, 1.165) is 12.8 Å². The van der Waals surface area contributed by atoms with Gasteiger partial charge in [-0.05, 0) is 50.3 Å². The van der Waals surface area contributed by atoms with Crippen LogP contribution >= 0.6 is 22.3 Å². The Morgan fingerprint density at radius 2 is 2.00 bits per heavy atom. The molecule has 1 aliphatic rings. The predicted octanol–water partition coefficient (Wildman–Crippen LogP) is 3.10. The minimum atomic E-state index is -3.94. The van der Waals surface area contributed by atoms with E-state index in [9.17, 15) is 13.2 Å². The van der Waals surface area contributed by atoms with Crippen LogP contribution in [0.1, 0.15) is 35.7 Å². The summed E-state index contributed by atoms with van der Waals surface area (Å²) in [6, 6.07) is 2.77. The van der Waals surface area contributed by atoms with E-state index in [2.05, 4.69) is 5.32 Å². The standard InChI is InChI=1S/C13H15Cl2NO3S/c1-7-11(13(17)16-8(2)9-3-4-9)5-10(14)6-12(7)20(15,18)19/h5-6,8-9H,3-4H2,1-2H3,(H,16,17). The number of nitrogens with one attached hydrogen (secondary N) is 1. The largest absolute Gasteiger partial charge is 0.349 e. The number of hydrogen-bond donors (Lipinski definition) is 1. The van der Waals surface area contributed by atoms with Crippen molar-refractivity contribution < 1.29 is 13.2 Å². The first-order chi connectivity index (χ1) is 9.20. The lowest BCUT2D eigenvalue weighted by Crippen LogP contribution is -2.34. The monoisotopic (exact) mass is 335 g/mol. The van der Waals surface area contributed by atoms with Gasteiger partial charge >= 0.3 is 0 Å². The third kappa shape index (κ3) is 3.45. The number of carbonyl (C=O) groups excluding carboxylic acids is 1. The van der Waals surface area contributed by atoms with E-state index >= 15 is 0 Å². The average molecular weight is 336 g/mol. The van der Waals surface area contributed by atoms with Crippen molar-refractivity contribution in [2.75, 3.05) is 0 Å². The van der Waals surface area contributed by atoms with Crippen molar-refractivity contribution in [3.05, 3.63) is 28.3 Å². The molecule has 1 N–H and O–H groups in total. The second-order valence-corrected chi connectivity index (χ2v) is 8.08. The van der Waals surface area contributed by atoms with Gasteiger partial charge in [-0.2, -0.15) is 0 Å². The van der Waals surface area contributed by atoms with Crippen LogP contribution in [0.4, 0.5) is 0 Å². The van der Waals surface area contributed by atoms with Gasteiger partial charge in [0.1, 0.15) is 0 Å². The molecule has 1 aromatic carbocycles. The summed E-state index contributed by atoms with van der Waals surface area (Å²) in [5, 5.41) is 3.04. The molecule has 2 rings (SSSR count). The van der Waals surface area contributed by atoms with E-state index in [1.807, 2.05) is 6.92 Å². The van der Waals surface area contributed by atoms with Crippen LogP contribution in [0.15, 0.2) is 17.0 Å². The summed E-state index contributed by atoms with van der Waals surface area (Å²) in [6.07, 6.45) is 2.22. The minimum absolute atomic E-state index is 0.0666. The van der Waals surface area contributed by atoms with Crippen LogP contribution in [0.5, 0.6) is 0 Å². The maximum atomic E-state index is 12.2. The minimum Gasteiger partial charge on any atom is -0.349 e. The van der Waals surface area contributed by atoms with Gasteiger partial charge in [-0.1, -0.05) is 11.6 Å². The molecule has 1 atom stereocenters. The third-order valence-corrected chi connectivity index (χ3v) is 5.19. The molecule has 0 radical (unpaired) electrons. The topological polar surface area (TPSA) is 63.2 Å². The molecule has 0 aromatic heterocycles. The van der Waals surface area contributed by atoms with Crippen LogP contribution in [0, 0.1) is 12.8 Å². The van der Waals surface area contributed by atoms with Gasteiger partial charge in [-0.3, -0.25) is 4.79 Å². The fourth-order valence-electron chi connectivity index (χ4n) is 2.14. The molecule has 1 aliphatic carbocycles. The van der Waals surface area contributed by atoms with E-state index in [1.165, 1.54) is 12.1 Å². The fraction of sp³-hybridized carbons (Fsp3) is 0.462. The molecule has 0 aliphatic heterocycles. The van der Waals surface area contributed by atoms with Crippen molar-refractivity contribution >= 4 is 37.2 Å². The van der Waals surface area contributed by atoms with Crippen molar-refractivity contribution in [2.45, 2.75) is 37.6 Å². The lowest BCUT2D eigenvalue weighted by atomic mass is 10.1. The highest BCUT2D eigenvalue weighted by atomic mass is 35.7. The van der Waals surface area contributed by atoms with Crippen LogP contribution in [-0.4, -0.2) is 20.4 Å². The molecule has 20 heavy (non-hydrogen) atoms. The van der Waals surface area contributed by atoms with Crippen molar-refractivity contribution in [3.63, 3.8) is 0 Å². The zero-order chi connectivity index (χ0) is 15.1. The van der Waals surface area contributed by atoms with Gasteiger partial charge in [-0.25, -0.2) is 8.42 Å². The van der Waals surface area contributed by atoms with Gasteiger partial charge in [0.25, 0.3) is 15.0 Å². The Morgan fingerprint density at radius 3 is 2.50 bits per heavy atom. The maximum absolute atomic E-state index is 12.2. The van der Waals surface area contributed by atoms with Gasteiger partial charge < -0.3 is 5.32 Å². The number of benzene rings is 1. The summed E-state index contributed by atoms with van der Waals surface area (Å²) in [7, 11) is 1.42. The Bertz CT molecular complexity index is 654. The SMILES string of the molecule is Cc1c(C(=O)NC(C)C2CC2)cc(Cl)cc1S(=O)(=O)Cl. The molecular weight excluding hydrogens is 321 g/mol. The number of amides is 1. The molecule has 1 amide bonds. The van der Waals surface area contributed by atoms with E-state index in [4.69, 9.17) is 22.3 Å². The molecule has 1 saturated carbocycles. The number of hydrogen-bond acceptors (Lipinski definition) is 3. The Labute approximate surface area is 127 Å². The normalized spacial score (nSPS) is 16.8. The second-order valence-electron chi connectivity index (χ2n) is 5.11. The molecule has 4 nitrogen and oxygen atoms in total. The first kappa shape index (κ1) is 15.6. The quantitative estimate of drug-likeness (QED) is 0.860. The van der Waals surface area contributed by atoms with Gasteiger partial charge in [0, 0.05) is 27.3 Å². The Kier molecular flexibility index (Phi) is 4.33. The van der Waals surface area contributed by atoms with Crippen molar-refractivity contribution in [2.24, 2.45) is 5.92 Å². The van der Waals surface area contributed by atoms with E-state index in [0.29, 0.717) is 11.5 Å². The van der Waals surface area contributed by atoms with Crippen molar-refractivity contribution in [3.8, 4) is 0 Å². The molecule has 1 unspecified atom stereocenters. The van der Waals surface area contributed by atoms with Crippen LogP contribution in [-0.2, 0) is 9.05 Å². The average Bonchev–Trinajstić information content (AvgIpc) is 3.13. The first-order valence-corrected chi connectivity index (χ1v) is 8.94. The summed E-state index contributed by atoms with van der Waals surface area (Å²) >= 11 is 5.88. The third-order valence-electron chi connectivity index (χ3n) is 3.52. The Morgan fingerprint density at radius 1 is 1.40 bits per heavy atom. The van der Waals surface area contributed by atoms with Crippen LogP contribution in [0.3, 0.4) is 0 Å². The lowest BCUT2D eigenvalue weighted by molar-refractivity contribution is 0.0935. The second kappa shape index (κ2) is 5.54. The summed E-state index contributed by atoms with van der Waals surface area (Å²) in [5.74, 6) is 0.181. The summed E-state index contributed by atoms with van der Waals surface area (Å²) in [4.78, 5) is 12.1. The van der Waals surface area contributed by atoms with Gasteiger partial charge in [0.2, 0.25) is 0 Å². The Hall–Kier alpha value is -0.780. The van der Waals surface area contributed by atoms with Gasteiger partial charge in [0.05, 0.1) is 4.90 Å². The molecule has 110 valence electrons. The lowest BCUT2D eigenvalue weighted by Gasteiger charge is -2.15. The zero-order valence-corrected chi connectivity index (χ0v) is 13.4. The summed E-state index contributed by atoms with van der Waals surface area (Å²) in [6.45, 7) is 3.48. The van der Waals surface area contributed by atoms with Crippen LogP contribution < -0.4 is 5.32 Å². The van der Waals surface area contributed by atoms with E-state index < -0.39 is 9.05 Å². The molecule has 1 aromatic rings. The molecular formula is C13H15Cl2NO3S. The Balaban J connectivity index is 2.35. The highest BCUT2D eigenvalue weighted by Crippen LogP contribution is 2.33. The summed E-state index contributed by atoms with van der Waals surface area (Å²) in [5.41, 5.74) is 0.550.